The lowest BCUT2D eigenvalue weighted by Gasteiger charge is -2.25. The van der Waals surface area contributed by atoms with Gasteiger partial charge < -0.3 is 16.0 Å². The van der Waals surface area contributed by atoms with E-state index in [0.29, 0.717) is 19.1 Å². The van der Waals surface area contributed by atoms with Gasteiger partial charge in [0.25, 0.3) is 0 Å². The Morgan fingerprint density at radius 3 is 2.33 bits per heavy atom. The molecule has 106 valence electrons. The van der Waals surface area contributed by atoms with Gasteiger partial charge >= 0.3 is 0 Å². The van der Waals surface area contributed by atoms with Crippen LogP contribution in [0.5, 0.6) is 0 Å². The van der Waals surface area contributed by atoms with Crippen LogP contribution < -0.4 is 16.0 Å². The van der Waals surface area contributed by atoms with Crippen molar-refractivity contribution in [2.24, 2.45) is 10.4 Å². The van der Waals surface area contributed by atoms with Crippen molar-refractivity contribution in [3.8, 4) is 0 Å². The average molecular weight is 256 g/mol. The largest absolute Gasteiger partial charge is 0.356 e. The third kappa shape index (κ3) is 5.89. The zero-order chi connectivity index (χ0) is 14.2. The molecule has 0 aromatic heterocycles. The molecular formula is C13H28N4O. The fourth-order valence-electron chi connectivity index (χ4n) is 1.31. The standard InChI is InChI=1S/C13H28N4O/c1-7-10(3)17-12(14-6)16-9-13(4,5)11(18)15-8-2/h10H,7-9H2,1-6H3,(H,15,18)(H2,14,16,17). The van der Waals surface area contributed by atoms with Crippen LogP contribution >= 0.6 is 0 Å². The van der Waals surface area contributed by atoms with E-state index < -0.39 is 5.41 Å². The summed E-state index contributed by atoms with van der Waals surface area (Å²) in [4.78, 5) is 16.0. The van der Waals surface area contributed by atoms with Gasteiger partial charge in [0.1, 0.15) is 0 Å². The summed E-state index contributed by atoms with van der Waals surface area (Å²) in [6.45, 7) is 11.2. The Morgan fingerprint density at radius 1 is 1.28 bits per heavy atom. The van der Waals surface area contributed by atoms with E-state index >= 15 is 0 Å². The lowest BCUT2D eigenvalue weighted by atomic mass is 9.92. The van der Waals surface area contributed by atoms with E-state index in [4.69, 9.17) is 0 Å². The second kappa shape index (κ2) is 7.95. The van der Waals surface area contributed by atoms with Crippen LogP contribution in [0.25, 0.3) is 0 Å². The molecular weight excluding hydrogens is 228 g/mol. The van der Waals surface area contributed by atoms with E-state index in [1.807, 2.05) is 20.8 Å². The van der Waals surface area contributed by atoms with Gasteiger partial charge in [0.2, 0.25) is 5.91 Å². The molecule has 1 atom stereocenters. The minimum absolute atomic E-state index is 0.0523. The first-order chi connectivity index (χ1) is 8.37. The highest BCUT2D eigenvalue weighted by atomic mass is 16.2. The molecule has 0 rings (SSSR count). The summed E-state index contributed by atoms with van der Waals surface area (Å²) < 4.78 is 0. The number of guanidine groups is 1. The minimum Gasteiger partial charge on any atom is -0.356 e. The maximum atomic E-state index is 11.8. The van der Waals surface area contributed by atoms with E-state index in [2.05, 4.69) is 34.8 Å². The maximum absolute atomic E-state index is 11.8. The summed E-state index contributed by atoms with van der Waals surface area (Å²) >= 11 is 0. The smallest absolute Gasteiger partial charge is 0.227 e. The van der Waals surface area contributed by atoms with E-state index in [9.17, 15) is 4.79 Å². The predicted octanol–water partition coefficient (Wildman–Crippen LogP) is 1.11. The van der Waals surface area contributed by atoms with Crippen LogP contribution in [-0.4, -0.2) is 38.0 Å². The molecule has 0 saturated heterocycles. The van der Waals surface area contributed by atoms with Gasteiger partial charge in [-0.05, 0) is 34.1 Å². The summed E-state index contributed by atoms with van der Waals surface area (Å²) in [5.41, 5.74) is -0.455. The lowest BCUT2D eigenvalue weighted by Crippen LogP contribution is -2.49. The Kier molecular flexibility index (Phi) is 7.39. The highest BCUT2D eigenvalue weighted by Crippen LogP contribution is 2.13. The summed E-state index contributed by atoms with van der Waals surface area (Å²) in [6, 6.07) is 0.365. The molecule has 0 heterocycles. The van der Waals surface area contributed by atoms with E-state index in [0.717, 1.165) is 12.4 Å². The first-order valence-corrected chi connectivity index (χ1v) is 6.62. The van der Waals surface area contributed by atoms with Crippen molar-refractivity contribution in [1.82, 2.24) is 16.0 Å². The third-order valence-corrected chi connectivity index (χ3v) is 2.87. The molecule has 0 aliphatic heterocycles. The molecule has 18 heavy (non-hydrogen) atoms. The monoisotopic (exact) mass is 256 g/mol. The zero-order valence-corrected chi connectivity index (χ0v) is 12.6. The lowest BCUT2D eigenvalue weighted by molar-refractivity contribution is -0.128. The number of nitrogens with one attached hydrogen (secondary N) is 3. The van der Waals surface area contributed by atoms with Crippen molar-refractivity contribution in [2.45, 2.75) is 47.1 Å². The SMILES string of the molecule is CCNC(=O)C(C)(C)CNC(=NC)NC(C)CC. The van der Waals surface area contributed by atoms with Crippen molar-refractivity contribution < 1.29 is 4.79 Å². The number of rotatable bonds is 6. The van der Waals surface area contributed by atoms with Gasteiger partial charge in [-0.3, -0.25) is 9.79 Å². The van der Waals surface area contributed by atoms with Gasteiger partial charge in [-0.15, -0.1) is 0 Å². The fraction of sp³-hybridized carbons (Fsp3) is 0.846. The predicted molar refractivity (Wildman–Crippen MR) is 76.7 cm³/mol. The van der Waals surface area contributed by atoms with Crippen molar-refractivity contribution in [3.05, 3.63) is 0 Å². The van der Waals surface area contributed by atoms with Crippen LogP contribution in [0.4, 0.5) is 0 Å². The van der Waals surface area contributed by atoms with Gasteiger partial charge in [-0.2, -0.15) is 0 Å². The second-order valence-corrected chi connectivity index (χ2v) is 5.12. The van der Waals surface area contributed by atoms with Crippen molar-refractivity contribution >= 4 is 11.9 Å². The second-order valence-electron chi connectivity index (χ2n) is 5.12. The summed E-state index contributed by atoms with van der Waals surface area (Å²) in [6.07, 6.45) is 1.03. The molecule has 5 heteroatoms. The van der Waals surface area contributed by atoms with Gasteiger partial charge in [-0.1, -0.05) is 6.92 Å². The Labute approximate surface area is 111 Å². The van der Waals surface area contributed by atoms with E-state index in [-0.39, 0.29) is 5.91 Å². The molecule has 0 aromatic carbocycles. The number of carbonyl (C=O) groups excluding carboxylic acids is 1. The number of amides is 1. The number of hydrogen-bond donors (Lipinski definition) is 3. The molecule has 0 spiro atoms. The van der Waals surface area contributed by atoms with Crippen molar-refractivity contribution in [1.29, 1.82) is 0 Å². The number of carbonyl (C=O) groups is 1. The molecule has 3 N–H and O–H groups in total. The Hall–Kier alpha value is -1.26. The molecule has 0 radical (unpaired) electrons. The molecule has 5 nitrogen and oxygen atoms in total. The minimum atomic E-state index is -0.455. The summed E-state index contributed by atoms with van der Waals surface area (Å²) in [5, 5.41) is 9.30. The molecule has 0 aliphatic rings. The molecule has 0 aliphatic carbocycles. The van der Waals surface area contributed by atoms with Gasteiger partial charge in [0.15, 0.2) is 5.96 Å². The average Bonchev–Trinajstić information content (AvgIpc) is 2.34. The Bertz CT molecular complexity index is 287. The van der Waals surface area contributed by atoms with Gasteiger partial charge in [-0.25, -0.2) is 0 Å². The molecule has 0 fully saturated rings. The molecule has 0 aromatic rings. The fourth-order valence-corrected chi connectivity index (χ4v) is 1.31. The molecule has 1 unspecified atom stereocenters. The molecule has 0 bridgehead atoms. The highest BCUT2D eigenvalue weighted by molar-refractivity contribution is 5.84. The quantitative estimate of drug-likeness (QED) is 0.493. The first kappa shape index (κ1) is 16.7. The summed E-state index contributed by atoms with van der Waals surface area (Å²) in [7, 11) is 1.73. The van der Waals surface area contributed by atoms with Crippen molar-refractivity contribution in [2.75, 3.05) is 20.1 Å². The topological polar surface area (TPSA) is 65.5 Å². The Balaban J connectivity index is 4.31. The first-order valence-electron chi connectivity index (χ1n) is 6.62. The van der Waals surface area contributed by atoms with Gasteiger partial charge in [0.05, 0.1) is 5.41 Å². The third-order valence-electron chi connectivity index (χ3n) is 2.87. The number of hydrogen-bond acceptors (Lipinski definition) is 2. The maximum Gasteiger partial charge on any atom is 0.227 e. The number of nitrogens with zero attached hydrogens (tertiary/aromatic N) is 1. The summed E-state index contributed by atoms with van der Waals surface area (Å²) in [5.74, 6) is 0.790. The molecule has 1 amide bonds. The Morgan fingerprint density at radius 2 is 1.89 bits per heavy atom. The van der Waals surface area contributed by atoms with Crippen LogP contribution in [0.1, 0.15) is 41.0 Å². The highest BCUT2D eigenvalue weighted by Gasteiger charge is 2.27. The van der Waals surface area contributed by atoms with Crippen LogP contribution in [-0.2, 0) is 4.79 Å². The van der Waals surface area contributed by atoms with Crippen LogP contribution in [0.3, 0.4) is 0 Å². The number of aliphatic imine (C=N–C) groups is 1. The van der Waals surface area contributed by atoms with Crippen LogP contribution in [0.15, 0.2) is 4.99 Å². The van der Waals surface area contributed by atoms with E-state index in [1.54, 1.807) is 7.05 Å². The van der Waals surface area contributed by atoms with Crippen LogP contribution in [0.2, 0.25) is 0 Å². The van der Waals surface area contributed by atoms with Crippen LogP contribution in [0, 0.1) is 5.41 Å². The van der Waals surface area contributed by atoms with Crippen molar-refractivity contribution in [3.63, 3.8) is 0 Å². The normalized spacial score (nSPS) is 14.0. The van der Waals surface area contributed by atoms with E-state index in [1.165, 1.54) is 0 Å². The van der Waals surface area contributed by atoms with Gasteiger partial charge in [0, 0.05) is 26.2 Å². The zero-order valence-electron chi connectivity index (χ0n) is 12.6. The molecule has 0 saturated carbocycles.